The Kier molecular flexibility index (Phi) is 3.20. The van der Waals surface area contributed by atoms with Crippen molar-refractivity contribution >= 4 is 16.9 Å². The Morgan fingerprint density at radius 1 is 1.38 bits per heavy atom. The second-order valence-corrected chi connectivity index (χ2v) is 4.48. The molecule has 0 radical (unpaired) electrons. The van der Waals surface area contributed by atoms with E-state index in [2.05, 4.69) is 15.1 Å². The molecule has 3 aromatic rings. The summed E-state index contributed by atoms with van der Waals surface area (Å²) < 4.78 is 18.2. The third kappa shape index (κ3) is 2.51. The molecule has 0 bridgehead atoms. The van der Waals surface area contributed by atoms with Gasteiger partial charge in [-0.3, -0.25) is 0 Å². The van der Waals surface area contributed by atoms with Crippen molar-refractivity contribution in [3.05, 3.63) is 47.7 Å². The summed E-state index contributed by atoms with van der Waals surface area (Å²) in [5, 5.41) is 13.5. The molecule has 7 heteroatoms. The van der Waals surface area contributed by atoms with Crippen LogP contribution in [0.1, 0.15) is 11.4 Å². The molecule has 1 aromatic carbocycles. The summed E-state index contributed by atoms with van der Waals surface area (Å²) in [5.41, 5.74) is 1.34. The van der Waals surface area contributed by atoms with Gasteiger partial charge in [0.25, 0.3) is 0 Å². The number of anilines is 1. The molecule has 21 heavy (non-hydrogen) atoms. The first-order valence-corrected chi connectivity index (χ1v) is 6.15. The van der Waals surface area contributed by atoms with Crippen LogP contribution < -0.4 is 4.90 Å². The molecule has 0 saturated heterocycles. The van der Waals surface area contributed by atoms with Crippen LogP contribution in [0.3, 0.4) is 0 Å². The lowest BCUT2D eigenvalue weighted by Crippen LogP contribution is -2.19. The molecule has 104 valence electrons. The molecule has 0 aliphatic rings. The highest BCUT2D eigenvalue weighted by Gasteiger charge is 2.13. The van der Waals surface area contributed by atoms with Crippen LogP contribution >= 0.6 is 0 Å². The number of benzene rings is 1. The summed E-state index contributed by atoms with van der Waals surface area (Å²) in [7, 11) is 1.78. The van der Waals surface area contributed by atoms with Gasteiger partial charge in [-0.15, -0.1) is 0 Å². The molecule has 2 heterocycles. The predicted molar refractivity (Wildman–Crippen MR) is 72.8 cm³/mol. The van der Waals surface area contributed by atoms with Gasteiger partial charge in [-0.05, 0) is 18.2 Å². The van der Waals surface area contributed by atoms with Gasteiger partial charge in [0.2, 0.25) is 5.95 Å². The molecule has 2 aromatic heterocycles. The molecule has 0 atom stereocenters. The summed E-state index contributed by atoms with van der Waals surface area (Å²) in [6.45, 7) is 0.382. The average molecular weight is 283 g/mol. The number of aromatic nitrogens is 3. The maximum absolute atomic E-state index is 13.1. The van der Waals surface area contributed by atoms with E-state index in [1.807, 2.05) is 6.07 Å². The second-order valence-electron chi connectivity index (χ2n) is 4.48. The average Bonchev–Trinajstić information content (AvgIpc) is 2.89. The fourth-order valence-corrected chi connectivity index (χ4v) is 1.97. The van der Waals surface area contributed by atoms with Crippen LogP contribution in [0.2, 0.25) is 0 Å². The largest absolute Gasteiger partial charge is 0.356 e. The fourth-order valence-electron chi connectivity index (χ4n) is 1.97. The van der Waals surface area contributed by atoms with Crippen molar-refractivity contribution in [3.8, 4) is 6.07 Å². The molecule has 0 fully saturated rings. The Bertz CT molecular complexity index is 839. The Hall–Kier alpha value is -3.01. The maximum atomic E-state index is 13.1. The first-order chi connectivity index (χ1) is 10.2. The third-order valence-electron chi connectivity index (χ3n) is 2.99. The minimum absolute atomic E-state index is 0.291. The number of nitriles is 1. The number of hydrogen-bond donors (Lipinski definition) is 0. The lowest BCUT2D eigenvalue weighted by molar-refractivity contribution is 0.444. The van der Waals surface area contributed by atoms with E-state index in [0.717, 1.165) is 5.39 Å². The zero-order chi connectivity index (χ0) is 14.8. The number of fused-ring (bicyclic) bond motifs is 1. The van der Waals surface area contributed by atoms with Crippen LogP contribution in [0.25, 0.3) is 11.0 Å². The number of nitrogens with zero attached hydrogens (tertiary/aromatic N) is 5. The van der Waals surface area contributed by atoms with Crippen LogP contribution in [0, 0.1) is 17.1 Å². The Morgan fingerprint density at radius 3 is 3.05 bits per heavy atom. The van der Waals surface area contributed by atoms with Gasteiger partial charge in [-0.1, -0.05) is 5.16 Å². The lowest BCUT2D eigenvalue weighted by atomic mass is 10.2. The van der Waals surface area contributed by atoms with Crippen molar-refractivity contribution in [2.24, 2.45) is 0 Å². The summed E-state index contributed by atoms with van der Waals surface area (Å²) in [6, 6.07) is 7.77. The van der Waals surface area contributed by atoms with Gasteiger partial charge in [-0.2, -0.15) is 5.26 Å². The molecule has 0 unspecified atom stereocenters. The molecule has 0 N–H and O–H groups in total. The van der Waals surface area contributed by atoms with Crippen molar-refractivity contribution in [2.75, 3.05) is 11.9 Å². The van der Waals surface area contributed by atoms with Crippen molar-refractivity contribution in [3.63, 3.8) is 0 Å². The first kappa shape index (κ1) is 13.0. The molecule has 0 amide bonds. The highest BCUT2D eigenvalue weighted by atomic mass is 19.1. The Labute approximate surface area is 119 Å². The topological polar surface area (TPSA) is 78.8 Å². The highest BCUT2D eigenvalue weighted by Crippen LogP contribution is 2.21. The Balaban J connectivity index is 1.89. The van der Waals surface area contributed by atoms with E-state index in [-0.39, 0.29) is 5.82 Å². The summed E-state index contributed by atoms with van der Waals surface area (Å²) >= 11 is 0. The van der Waals surface area contributed by atoms with Crippen LogP contribution in [-0.2, 0) is 6.54 Å². The zero-order valence-corrected chi connectivity index (χ0v) is 11.1. The molecular weight excluding hydrogens is 273 g/mol. The van der Waals surface area contributed by atoms with Gasteiger partial charge < -0.3 is 9.42 Å². The SMILES string of the molecule is CN(Cc1noc2cc(F)ccc12)c1nccc(C#N)n1. The molecule has 0 aliphatic heterocycles. The summed E-state index contributed by atoms with van der Waals surface area (Å²) in [4.78, 5) is 9.95. The van der Waals surface area contributed by atoms with Crippen molar-refractivity contribution in [2.45, 2.75) is 6.54 Å². The van der Waals surface area contributed by atoms with Crippen LogP contribution in [0.5, 0.6) is 0 Å². The van der Waals surface area contributed by atoms with Crippen molar-refractivity contribution in [1.29, 1.82) is 5.26 Å². The van der Waals surface area contributed by atoms with Gasteiger partial charge in [0.05, 0.1) is 6.54 Å². The van der Waals surface area contributed by atoms with Crippen molar-refractivity contribution in [1.82, 2.24) is 15.1 Å². The van der Waals surface area contributed by atoms with Crippen LogP contribution in [0.4, 0.5) is 10.3 Å². The van der Waals surface area contributed by atoms with Gasteiger partial charge in [0.1, 0.15) is 23.3 Å². The van der Waals surface area contributed by atoms with Crippen molar-refractivity contribution < 1.29 is 8.91 Å². The predicted octanol–water partition coefficient (Wildman–Crippen LogP) is 2.26. The third-order valence-corrected chi connectivity index (χ3v) is 2.99. The molecule has 3 rings (SSSR count). The van der Waals surface area contributed by atoms with E-state index in [0.29, 0.717) is 29.5 Å². The van der Waals surface area contributed by atoms with Crippen LogP contribution in [-0.4, -0.2) is 22.2 Å². The standard InChI is InChI=1S/C14H10FN5O/c1-20(14-17-5-4-10(7-16)18-14)8-12-11-3-2-9(15)6-13(11)21-19-12/h2-6H,8H2,1H3. The van der Waals surface area contributed by atoms with E-state index in [9.17, 15) is 4.39 Å². The lowest BCUT2D eigenvalue weighted by Gasteiger charge is -2.15. The van der Waals surface area contributed by atoms with E-state index < -0.39 is 0 Å². The van der Waals surface area contributed by atoms with E-state index in [1.165, 1.54) is 24.4 Å². The molecular formula is C14H10FN5O. The van der Waals surface area contributed by atoms with Gasteiger partial charge in [0, 0.05) is 24.7 Å². The summed E-state index contributed by atoms with van der Waals surface area (Å²) in [6.07, 6.45) is 1.52. The minimum atomic E-state index is -0.372. The second kappa shape index (κ2) is 5.17. The quantitative estimate of drug-likeness (QED) is 0.733. The molecule has 0 spiro atoms. The van der Waals surface area contributed by atoms with Gasteiger partial charge >= 0.3 is 0 Å². The summed E-state index contributed by atoms with van der Waals surface area (Å²) in [5.74, 6) is 0.0379. The van der Waals surface area contributed by atoms with Crippen LogP contribution in [0.15, 0.2) is 35.0 Å². The number of hydrogen-bond acceptors (Lipinski definition) is 6. The van der Waals surface area contributed by atoms with E-state index in [4.69, 9.17) is 9.78 Å². The number of halogens is 1. The molecule has 0 saturated carbocycles. The molecule has 6 nitrogen and oxygen atoms in total. The monoisotopic (exact) mass is 283 g/mol. The number of rotatable bonds is 3. The highest BCUT2D eigenvalue weighted by molar-refractivity contribution is 5.79. The van der Waals surface area contributed by atoms with E-state index in [1.54, 1.807) is 18.0 Å². The Morgan fingerprint density at radius 2 is 2.24 bits per heavy atom. The first-order valence-electron chi connectivity index (χ1n) is 6.15. The van der Waals surface area contributed by atoms with E-state index >= 15 is 0 Å². The minimum Gasteiger partial charge on any atom is -0.356 e. The fraction of sp³-hybridized carbons (Fsp3) is 0.143. The normalized spacial score (nSPS) is 10.5. The van der Waals surface area contributed by atoms with Gasteiger partial charge in [-0.25, -0.2) is 14.4 Å². The zero-order valence-electron chi connectivity index (χ0n) is 11.1. The maximum Gasteiger partial charge on any atom is 0.226 e. The smallest absolute Gasteiger partial charge is 0.226 e. The molecule has 0 aliphatic carbocycles. The van der Waals surface area contributed by atoms with Gasteiger partial charge in [0.15, 0.2) is 5.58 Å².